The molecule has 0 unspecified atom stereocenters. The van der Waals surface area contributed by atoms with Crippen LogP contribution in [0.5, 0.6) is 0 Å². The Morgan fingerprint density at radius 2 is 1.85 bits per heavy atom. The normalized spacial score (nSPS) is 21.0. The summed E-state index contributed by atoms with van der Waals surface area (Å²) in [5, 5.41) is 10.5. The number of hydrogen-bond acceptors (Lipinski definition) is 5. The third-order valence-electron chi connectivity index (χ3n) is 6.47. The predicted octanol–water partition coefficient (Wildman–Crippen LogP) is 4.90. The summed E-state index contributed by atoms with van der Waals surface area (Å²) in [6.45, 7) is 3.97. The van der Waals surface area contributed by atoms with Crippen molar-refractivity contribution in [2.75, 3.05) is 0 Å². The number of carbonyl (C=O) groups excluding carboxylic acids is 1. The molecule has 174 valence electrons. The van der Waals surface area contributed by atoms with E-state index in [1.807, 2.05) is 0 Å². The Balaban J connectivity index is 1.44. The van der Waals surface area contributed by atoms with Crippen LogP contribution in [-0.4, -0.2) is 32.6 Å². The molecule has 0 amide bonds. The van der Waals surface area contributed by atoms with Crippen molar-refractivity contribution in [3.8, 4) is 11.3 Å². The van der Waals surface area contributed by atoms with Gasteiger partial charge in [0.2, 0.25) is 0 Å². The lowest BCUT2D eigenvalue weighted by atomic mass is 9.89. The molecule has 3 heterocycles. The first-order valence-corrected chi connectivity index (χ1v) is 10.9. The molecule has 2 aliphatic rings. The second kappa shape index (κ2) is 8.45. The first-order chi connectivity index (χ1) is 16.3. The monoisotopic (exact) mass is 466 g/mol. The first-order valence-electron chi connectivity index (χ1n) is 10.9. The Kier molecular flexibility index (Phi) is 5.58. The maximum absolute atomic E-state index is 14.4. The highest BCUT2D eigenvalue weighted by Gasteiger charge is 2.53. The number of Topliss-reactive ketones (excluding diaryl/α,β-unsaturated/α-hetero) is 1. The SMILES string of the molecule is C=C1[C@@H](O)C[C@@H](c2ccncc2CC(=O)c2ccc(F)c(-c3c(F)cccc3F)n2)OC12CC2. The highest BCUT2D eigenvalue weighted by atomic mass is 19.1. The number of benzene rings is 1. The van der Waals surface area contributed by atoms with Gasteiger partial charge in [0.05, 0.1) is 23.4 Å². The zero-order valence-corrected chi connectivity index (χ0v) is 18.1. The van der Waals surface area contributed by atoms with E-state index in [9.17, 15) is 23.1 Å². The van der Waals surface area contributed by atoms with Gasteiger partial charge < -0.3 is 9.84 Å². The third kappa shape index (κ3) is 3.93. The molecule has 1 N–H and O–H groups in total. The Hall–Kier alpha value is -3.36. The minimum Gasteiger partial charge on any atom is -0.389 e. The molecule has 1 spiro atoms. The zero-order chi connectivity index (χ0) is 24.0. The molecule has 1 aliphatic heterocycles. The van der Waals surface area contributed by atoms with E-state index < -0.39 is 52.3 Å². The molecule has 1 aromatic carbocycles. The van der Waals surface area contributed by atoms with Crippen molar-refractivity contribution in [1.29, 1.82) is 0 Å². The second-order valence-corrected chi connectivity index (χ2v) is 8.68. The van der Waals surface area contributed by atoms with Crippen molar-refractivity contribution in [3.05, 3.63) is 95.2 Å². The predicted molar refractivity (Wildman–Crippen MR) is 117 cm³/mol. The van der Waals surface area contributed by atoms with Crippen LogP contribution in [0, 0.1) is 17.5 Å². The molecule has 0 bridgehead atoms. The van der Waals surface area contributed by atoms with Gasteiger partial charge in [0, 0.05) is 25.2 Å². The fourth-order valence-electron chi connectivity index (χ4n) is 4.45. The van der Waals surface area contributed by atoms with Gasteiger partial charge in [-0.25, -0.2) is 18.2 Å². The summed E-state index contributed by atoms with van der Waals surface area (Å²) in [6, 6.07) is 7.04. The molecule has 1 saturated heterocycles. The number of nitrogens with zero attached hydrogens (tertiary/aromatic N) is 2. The minimum absolute atomic E-state index is 0.134. The van der Waals surface area contributed by atoms with Crippen molar-refractivity contribution in [2.45, 2.75) is 43.5 Å². The van der Waals surface area contributed by atoms with E-state index in [1.165, 1.54) is 12.3 Å². The molecule has 2 atom stereocenters. The van der Waals surface area contributed by atoms with Crippen LogP contribution in [0.25, 0.3) is 11.3 Å². The van der Waals surface area contributed by atoms with Crippen molar-refractivity contribution in [2.24, 2.45) is 0 Å². The van der Waals surface area contributed by atoms with Gasteiger partial charge in [-0.2, -0.15) is 0 Å². The van der Waals surface area contributed by atoms with E-state index in [0.29, 0.717) is 23.1 Å². The Labute approximate surface area is 193 Å². The lowest BCUT2D eigenvalue weighted by Gasteiger charge is -2.36. The van der Waals surface area contributed by atoms with Gasteiger partial charge in [0.25, 0.3) is 0 Å². The summed E-state index contributed by atoms with van der Waals surface area (Å²) in [6.07, 6.45) is 3.70. The van der Waals surface area contributed by atoms with E-state index in [0.717, 1.165) is 37.1 Å². The van der Waals surface area contributed by atoms with E-state index in [-0.39, 0.29) is 12.1 Å². The molecule has 0 radical (unpaired) electrons. The van der Waals surface area contributed by atoms with Crippen molar-refractivity contribution < 1.29 is 27.8 Å². The molecule has 1 aliphatic carbocycles. The number of ketones is 1. The lowest BCUT2D eigenvalue weighted by molar-refractivity contribution is -0.0728. The van der Waals surface area contributed by atoms with Crippen LogP contribution in [0.15, 0.2) is 60.9 Å². The maximum atomic E-state index is 14.4. The van der Waals surface area contributed by atoms with Crippen LogP contribution < -0.4 is 0 Å². The van der Waals surface area contributed by atoms with Crippen LogP contribution in [0.1, 0.15) is 47.0 Å². The van der Waals surface area contributed by atoms with E-state index in [1.54, 1.807) is 12.3 Å². The van der Waals surface area contributed by atoms with Gasteiger partial charge in [0.1, 0.15) is 28.8 Å². The number of aliphatic hydroxyl groups is 1. The van der Waals surface area contributed by atoms with Gasteiger partial charge in [-0.1, -0.05) is 12.6 Å². The van der Waals surface area contributed by atoms with Gasteiger partial charge in [-0.3, -0.25) is 9.78 Å². The fraction of sp³-hybridized carbons (Fsp3) is 0.269. The Morgan fingerprint density at radius 1 is 1.12 bits per heavy atom. The molecule has 5 rings (SSSR count). The lowest BCUT2D eigenvalue weighted by Crippen LogP contribution is -2.35. The van der Waals surface area contributed by atoms with Crippen molar-refractivity contribution in [3.63, 3.8) is 0 Å². The number of ether oxygens (including phenoxy) is 1. The highest BCUT2D eigenvalue weighted by Crippen LogP contribution is 2.54. The minimum atomic E-state index is -0.978. The Bertz CT molecular complexity index is 1290. The summed E-state index contributed by atoms with van der Waals surface area (Å²) in [7, 11) is 0. The van der Waals surface area contributed by atoms with Gasteiger partial charge in [-0.05, 0) is 59.9 Å². The van der Waals surface area contributed by atoms with Crippen molar-refractivity contribution >= 4 is 5.78 Å². The smallest absolute Gasteiger partial charge is 0.185 e. The molecular formula is C26H21F3N2O3. The molecule has 8 heteroatoms. The molecular weight excluding hydrogens is 445 g/mol. The van der Waals surface area contributed by atoms with Crippen molar-refractivity contribution in [1.82, 2.24) is 9.97 Å². The quantitative estimate of drug-likeness (QED) is 0.428. The van der Waals surface area contributed by atoms with Crippen LogP contribution in [0.4, 0.5) is 13.2 Å². The third-order valence-corrected chi connectivity index (χ3v) is 6.47. The average Bonchev–Trinajstić information content (AvgIpc) is 3.58. The molecule has 1 saturated carbocycles. The number of halogens is 3. The molecule has 5 nitrogen and oxygen atoms in total. The molecule has 3 aromatic rings. The maximum Gasteiger partial charge on any atom is 0.185 e. The van der Waals surface area contributed by atoms with E-state index in [4.69, 9.17) is 4.74 Å². The number of rotatable bonds is 5. The number of pyridine rings is 2. The zero-order valence-electron chi connectivity index (χ0n) is 18.1. The molecule has 2 aromatic heterocycles. The molecule has 2 fully saturated rings. The summed E-state index contributed by atoms with van der Waals surface area (Å²) in [5.41, 5.74) is 0.104. The number of hydrogen-bond donors (Lipinski definition) is 1. The molecule has 34 heavy (non-hydrogen) atoms. The summed E-state index contributed by atoms with van der Waals surface area (Å²) < 4.78 is 49.1. The fourth-order valence-corrected chi connectivity index (χ4v) is 4.45. The standard InChI is InChI=1S/C26H21F3N2O3/c1-14-21(32)12-23(34-26(14)8-9-26)16-7-10-30-13-15(16)11-22(33)20-6-5-19(29)25(31-20)24-17(27)3-2-4-18(24)28/h2-7,10,13,21,23,32H,1,8-9,11-12H2/t21-,23-/m0/s1. The first kappa shape index (κ1) is 22.4. The van der Waals surface area contributed by atoms with E-state index in [2.05, 4.69) is 16.5 Å². The van der Waals surface area contributed by atoms with Crippen LogP contribution in [-0.2, 0) is 11.2 Å². The second-order valence-electron chi connectivity index (χ2n) is 8.68. The number of aliphatic hydroxyl groups excluding tert-OH is 1. The summed E-state index contributed by atoms with van der Waals surface area (Å²) in [4.78, 5) is 21.1. The summed E-state index contributed by atoms with van der Waals surface area (Å²) >= 11 is 0. The van der Waals surface area contributed by atoms with Gasteiger partial charge in [0.15, 0.2) is 5.78 Å². The van der Waals surface area contributed by atoms with E-state index >= 15 is 0 Å². The van der Waals surface area contributed by atoms with Gasteiger partial charge in [-0.15, -0.1) is 0 Å². The number of carbonyl (C=O) groups is 1. The highest BCUT2D eigenvalue weighted by molar-refractivity contribution is 5.96. The average molecular weight is 466 g/mol. The Morgan fingerprint density at radius 3 is 2.56 bits per heavy atom. The topological polar surface area (TPSA) is 72.3 Å². The van der Waals surface area contributed by atoms with Crippen LogP contribution in [0.2, 0.25) is 0 Å². The van der Waals surface area contributed by atoms with Gasteiger partial charge >= 0.3 is 0 Å². The van der Waals surface area contributed by atoms with Crippen LogP contribution in [0.3, 0.4) is 0 Å². The number of aromatic nitrogens is 2. The van der Waals surface area contributed by atoms with Crippen LogP contribution >= 0.6 is 0 Å². The largest absolute Gasteiger partial charge is 0.389 e. The summed E-state index contributed by atoms with van der Waals surface area (Å²) in [5.74, 6) is -3.38.